The number of hydrogen-bond donors (Lipinski definition) is 0. The molecule has 4 heterocycles. The molecule has 0 aliphatic carbocycles. The molecule has 2 fully saturated rings. The van der Waals surface area contributed by atoms with Crippen molar-refractivity contribution in [2.75, 3.05) is 42.5 Å². The van der Waals surface area contributed by atoms with E-state index in [0.717, 1.165) is 28.7 Å². The molecule has 3 aromatic rings. The van der Waals surface area contributed by atoms with Gasteiger partial charge in [-0.3, -0.25) is 9.59 Å². The van der Waals surface area contributed by atoms with Crippen LogP contribution >= 0.6 is 0 Å². The smallest absolute Gasteiger partial charge is 0.228 e. The number of benzene rings is 1. The Morgan fingerprint density at radius 1 is 0.941 bits per heavy atom. The Kier molecular flexibility index (Phi) is 5.77. The zero-order valence-corrected chi connectivity index (χ0v) is 19.8. The first kappa shape index (κ1) is 22.1. The molecule has 1 atom stereocenters. The summed E-state index contributed by atoms with van der Waals surface area (Å²) in [5.74, 6) is 2.05. The topological polar surface area (TPSA) is 87.5 Å². The third kappa shape index (κ3) is 4.25. The summed E-state index contributed by atoms with van der Waals surface area (Å²) >= 11 is 0. The third-order valence-corrected chi connectivity index (χ3v) is 6.49. The van der Waals surface area contributed by atoms with Crippen molar-refractivity contribution >= 4 is 23.3 Å². The van der Waals surface area contributed by atoms with Gasteiger partial charge in [0.05, 0.1) is 11.6 Å². The minimum atomic E-state index is -0.293. The van der Waals surface area contributed by atoms with E-state index in [0.29, 0.717) is 38.5 Å². The van der Waals surface area contributed by atoms with Crippen LogP contribution in [0, 0.1) is 26.7 Å². The molecule has 9 heteroatoms. The lowest BCUT2D eigenvalue weighted by atomic mass is 10.1. The molecular weight excluding hydrogens is 430 g/mol. The van der Waals surface area contributed by atoms with E-state index in [2.05, 4.69) is 20.0 Å². The first-order valence-electron chi connectivity index (χ1n) is 11.7. The van der Waals surface area contributed by atoms with Gasteiger partial charge in [0.1, 0.15) is 11.6 Å². The van der Waals surface area contributed by atoms with Crippen LogP contribution in [0.4, 0.5) is 11.5 Å². The predicted octanol–water partition coefficient (Wildman–Crippen LogP) is 2.29. The predicted molar refractivity (Wildman–Crippen MR) is 129 cm³/mol. The minimum Gasteiger partial charge on any atom is -0.353 e. The Hall–Kier alpha value is -3.75. The maximum Gasteiger partial charge on any atom is 0.228 e. The van der Waals surface area contributed by atoms with Gasteiger partial charge in [0.2, 0.25) is 11.8 Å². The molecule has 0 N–H and O–H groups in total. The van der Waals surface area contributed by atoms with Gasteiger partial charge in [-0.15, -0.1) is 0 Å². The van der Waals surface area contributed by atoms with Crippen LogP contribution in [-0.4, -0.2) is 69.2 Å². The molecule has 1 aromatic carbocycles. The Balaban J connectivity index is 1.24. The monoisotopic (exact) mass is 459 g/mol. The summed E-state index contributed by atoms with van der Waals surface area (Å²) in [6, 6.07) is 13.5. The number of rotatable bonds is 4. The molecular formula is C25H29N7O2. The van der Waals surface area contributed by atoms with Crippen molar-refractivity contribution in [3.63, 3.8) is 0 Å². The summed E-state index contributed by atoms with van der Waals surface area (Å²) in [5.41, 5.74) is 2.82. The zero-order chi connectivity index (χ0) is 23.8. The van der Waals surface area contributed by atoms with E-state index in [1.54, 1.807) is 4.90 Å². The second-order valence-corrected chi connectivity index (χ2v) is 9.02. The molecule has 2 aromatic heterocycles. The van der Waals surface area contributed by atoms with Gasteiger partial charge in [-0.1, -0.05) is 18.2 Å². The summed E-state index contributed by atoms with van der Waals surface area (Å²) in [4.78, 5) is 40.7. The number of carbonyl (C=O) groups excluding carboxylic acids is 2. The molecule has 2 aliphatic rings. The fourth-order valence-corrected chi connectivity index (χ4v) is 4.81. The first-order valence-corrected chi connectivity index (χ1v) is 11.7. The molecule has 1 unspecified atom stereocenters. The second-order valence-electron chi connectivity index (χ2n) is 9.02. The van der Waals surface area contributed by atoms with Crippen molar-refractivity contribution in [3.8, 4) is 5.82 Å². The van der Waals surface area contributed by atoms with Crippen molar-refractivity contribution in [1.82, 2.24) is 24.6 Å². The van der Waals surface area contributed by atoms with Crippen LogP contribution in [0.2, 0.25) is 0 Å². The van der Waals surface area contributed by atoms with Crippen molar-refractivity contribution < 1.29 is 9.59 Å². The van der Waals surface area contributed by atoms with E-state index in [-0.39, 0.29) is 24.2 Å². The van der Waals surface area contributed by atoms with Crippen LogP contribution in [0.1, 0.15) is 23.6 Å². The molecule has 34 heavy (non-hydrogen) atoms. The Morgan fingerprint density at radius 2 is 1.65 bits per heavy atom. The molecule has 2 aliphatic heterocycles. The number of para-hydroxylation sites is 1. The largest absolute Gasteiger partial charge is 0.353 e. The summed E-state index contributed by atoms with van der Waals surface area (Å²) in [7, 11) is 0. The average molecular weight is 460 g/mol. The fraction of sp³-hybridized carbons (Fsp3) is 0.400. The molecule has 9 nitrogen and oxygen atoms in total. The number of aryl methyl sites for hydroxylation is 3. The second kappa shape index (κ2) is 8.89. The van der Waals surface area contributed by atoms with Crippen LogP contribution in [-0.2, 0) is 9.59 Å². The molecule has 0 radical (unpaired) electrons. The molecule has 0 bridgehead atoms. The van der Waals surface area contributed by atoms with Gasteiger partial charge in [0.25, 0.3) is 0 Å². The van der Waals surface area contributed by atoms with Crippen molar-refractivity contribution in [3.05, 3.63) is 59.7 Å². The SMILES string of the molecule is Cc1cc(C)n(-c2cc(N3CCN(C(=O)C4CC(=O)N(c5ccccc5)C4)CC3)nc(C)n2)n1. The van der Waals surface area contributed by atoms with Crippen LogP contribution in [0.5, 0.6) is 0 Å². The molecule has 2 amide bonds. The van der Waals surface area contributed by atoms with Crippen molar-refractivity contribution in [2.45, 2.75) is 27.2 Å². The van der Waals surface area contributed by atoms with Gasteiger partial charge in [-0.2, -0.15) is 5.10 Å². The van der Waals surface area contributed by atoms with Crippen molar-refractivity contribution in [2.24, 2.45) is 5.92 Å². The number of nitrogens with zero attached hydrogens (tertiary/aromatic N) is 7. The van der Waals surface area contributed by atoms with Crippen LogP contribution < -0.4 is 9.80 Å². The lowest BCUT2D eigenvalue weighted by molar-refractivity contribution is -0.136. The maximum atomic E-state index is 13.2. The fourth-order valence-electron chi connectivity index (χ4n) is 4.81. The first-order chi connectivity index (χ1) is 16.4. The van der Waals surface area contributed by atoms with Crippen LogP contribution in [0.3, 0.4) is 0 Å². The Morgan fingerprint density at radius 3 is 2.32 bits per heavy atom. The summed E-state index contributed by atoms with van der Waals surface area (Å²) in [5, 5.41) is 4.54. The Bertz CT molecular complexity index is 1220. The summed E-state index contributed by atoms with van der Waals surface area (Å²) in [6.07, 6.45) is 0.269. The average Bonchev–Trinajstić information content (AvgIpc) is 3.40. The number of carbonyl (C=O) groups is 2. The standard InChI is InChI=1S/C25H29N7O2/c1-17-13-18(2)32(28-17)23-15-22(26-19(3)27-23)29-9-11-30(12-10-29)25(34)20-14-24(33)31(16-20)21-7-5-4-6-8-21/h4-8,13,15,20H,9-12,14,16H2,1-3H3. The van der Waals surface area contributed by atoms with E-state index < -0.39 is 0 Å². The van der Waals surface area contributed by atoms with Gasteiger partial charge in [-0.05, 0) is 39.0 Å². The molecule has 176 valence electrons. The van der Waals surface area contributed by atoms with Gasteiger partial charge in [0.15, 0.2) is 5.82 Å². The van der Waals surface area contributed by atoms with Crippen LogP contribution in [0.25, 0.3) is 5.82 Å². The number of hydrogen-bond acceptors (Lipinski definition) is 6. The molecule has 0 saturated carbocycles. The normalized spacial score (nSPS) is 18.6. The summed E-state index contributed by atoms with van der Waals surface area (Å²) in [6.45, 7) is 8.87. The van der Waals surface area contributed by atoms with E-state index in [1.165, 1.54) is 0 Å². The van der Waals surface area contributed by atoms with Gasteiger partial charge in [-0.25, -0.2) is 14.6 Å². The third-order valence-electron chi connectivity index (χ3n) is 6.49. The van der Waals surface area contributed by atoms with Gasteiger partial charge >= 0.3 is 0 Å². The number of aromatic nitrogens is 4. The van der Waals surface area contributed by atoms with E-state index in [9.17, 15) is 9.59 Å². The van der Waals surface area contributed by atoms with E-state index in [1.807, 2.05) is 72.8 Å². The lowest BCUT2D eigenvalue weighted by Gasteiger charge is -2.36. The highest BCUT2D eigenvalue weighted by Crippen LogP contribution is 2.27. The van der Waals surface area contributed by atoms with E-state index in [4.69, 9.17) is 0 Å². The lowest BCUT2D eigenvalue weighted by Crippen LogP contribution is -2.51. The number of amides is 2. The highest BCUT2D eigenvalue weighted by atomic mass is 16.2. The molecule has 0 spiro atoms. The number of anilines is 2. The maximum absolute atomic E-state index is 13.2. The Labute approximate surface area is 199 Å². The highest BCUT2D eigenvalue weighted by molar-refractivity contribution is 6.00. The number of piperazine rings is 1. The quantitative estimate of drug-likeness (QED) is 0.595. The summed E-state index contributed by atoms with van der Waals surface area (Å²) < 4.78 is 1.84. The zero-order valence-electron chi connectivity index (χ0n) is 19.8. The van der Waals surface area contributed by atoms with E-state index >= 15 is 0 Å². The molecule has 5 rings (SSSR count). The molecule has 2 saturated heterocycles. The van der Waals surface area contributed by atoms with Gasteiger partial charge < -0.3 is 14.7 Å². The van der Waals surface area contributed by atoms with Crippen LogP contribution in [0.15, 0.2) is 42.5 Å². The van der Waals surface area contributed by atoms with Gasteiger partial charge in [0, 0.05) is 56.6 Å². The highest BCUT2D eigenvalue weighted by Gasteiger charge is 2.38. The minimum absolute atomic E-state index is 0.0105. The van der Waals surface area contributed by atoms with Crippen molar-refractivity contribution in [1.29, 1.82) is 0 Å².